The van der Waals surface area contributed by atoms with Crippen molar-refractivity contribution in [2.75, 3.05) is 12.8 Å². The van der Waals surface area contributed by atoms with Crippen LogP contribution in [0.25, 0.3) is 0 Å². The van der Waals surface area contributed by atoms with Gasteiger partial charge in [-0.25, -0.2) is 4.39 Å². The van der Waals surface area contributed by atoms with Crippen LogP contribution < -0.4 is 15.2 Å². The lowest BCUT2D eigenvalue weighted by Gasteiger charge is -2.10. The zero-order valence-corrected chi connectivity index (χ0v) is 10.1. The van der Waals surface area contributed by atoms with E-state index in [1.54, 1.807) is 31.2 Å². The van der Waals surface area contributed by atoms with E-state index in [0.717, 1.165) is 0 Å². The predicted octanol–water partition coefficient (Wildman–Crippen LogP) is 2.91. The second-order valence-electron chi connectivity index (χ2n) is 3.74. The number of aryl methyl sites for hydroxylation is 1. The Labute approximate surface area is 104 Å². The Morgan fingerprint density at radius 1 is 1.22 bits per heavy atom. The van der Waals surface area contributed by atoms with Crippen LogP contribution >= 0.6 is 0 Å². The van der Waals surface area contributed by atoms with Gasteiger partial charge < -0.3 is 15.2 Å². The van der Waals surface area contributed by atoms with E-state index in [1.165, 1.54) is 13.2 Å². The largest absolute Gasteiger partial charge is 0.481 e. The van der Waals surface area contributed by atoms with E-state index < -0.39 is 5.82 Å². The molecule has 5 heteroatoms. The Hall–Kier alpha value is -2.30. The first-order valence-electron chi connectivity index (χ1n) is 5.35. The number of ether oxygens (including phenoxy) is 2. The second kappa shape index (κ2) is 4.91. The SMILES string of the molecule is COc1ccc(N)c(Oc2cccc(C)c2F)n1. The topological polar surface area (TPSA) is 57.4 Å². The average Bonchev–Trinajstić information content (AvgIpc) is 2.37. The van der Waals surface area contributed by atoms with Crippen LogP contribution in [0.2, 0.25) is 0 Å². The standard InChI is InChI=1S/C13H13FN2O2/c1-8-4-3-5-10(12(8)14)18-13-9(15)6-7-11(16-13)17-2/h3-7H,15H2,1-2H3. The molecule has 94 valence electrons. The minimum atomic E-state index is -0.429. The van der Waals surface area contributed by atoms with Crippen molar-refractivity contribution < 1.29 is 13.9 Å². The first-order chi connectivity index (χ1) is 8.61. The highest BCUT2D eigenvalue weighted by Gasteiger charge is 2.11. The summed E-state index contributed by atoms with van der Waals surface area (Å²) >= 11 is 0. The number of nitrogens with two attached hydrogens (primary N) is 1. The molecule has 2 rings (SSSR count). The van der Waals surface area contributed by atoms with Crippen LogP contribution in [0, 0.1) is 12.7 Å². The molecule has 2 aromatic rings. The molecule has 0 aliphatic rings. The summed E-state index contributed by atoms with van der Waals surface area (Å²) in [4.78, 5) is 4.02. The number of pyridine rings is 1. The Balaban J connectivity index is 2.36. The van der Waals surface area contributed by atoms with Crippen molar-refractivity contribution in [3.8, 4) is 17.5 Å². The van der Waals surface area contributed by atoms with Crippen LogP contribution in [0.4, 0.5) is 10.1 Å². The van der Waals surface area contributed by atoms with E-state index in [9.17, 15) is 4.39 Å². The highest BCUT2D eigenvalue weighted by Crippen LogP contribution is 2.29. The van der Waals surface area contributed by atoms with Gasteiger partial charge in [-0.2, -0.15) is 4.98 Å². The molecule has 1 aromatic carbocycles. The monoisotopic (exact) mass is 248 g/mol. The lowest BCUT2D eigenvalue weighted by atomic mass is 10.2. The molecule has 0 aliphatic heterocycles. The molecule has 2 N–H and O–H groups in total. The van der Waals surface area contributed by atoms with Crippen LogP contribution in [0.3, 0.4) is 0 Å². The van der Waals surface area contributed by atoms with E-state index in [-0.39, 0.29) is 11.6 Å². The van der Waals surface area contributed by atoms with Gasteiger partial charge in [0.25, 0.3) is 0 Å². The summed E-state index contributed by atoms with van der Waals surface area (Å²) in [7, 11) is 1.48. The summed E-state index contributed by atoms with van der Waals surface area (Å²) in [5, 5.41) is 0. The molecular weight excluding hydrogens is 235 g/mol. The lowest BCUT2D eigenvalue weighted by Crippen LogP contribution is -1.98. The molecule has 18 heavy (non-hydrogen) atoms. The molecular formula is C13H13FN2O2. The molecule has 4 nitrogen and oxygen atoms in total. The molecule has 0 aliphatic carbocycles. The third kappa shape index (κ3) is 2.34. The van der Waals surface area contributed by atoms with Crippen molar-refractivity contribution >= 4 is 5.69 Å². The maximum absolute atomic E-state index is 13.8. The van der Waals surface area contributed by atoms with Crippen LogP contribution in [-0.2, 0) is 0 Å². The Bertz CT molecular complexity index is 573. The first kappa shape index (κ1) is 12.2. The molecule has 0 spiro atoms. The Morgan fingerprint density at radius 3 is 2.72 bits per heavy atom. The number of hydrogen-bond acceptors (Lipinski definition) is 4. The number of halogens is 1. The summed E-state index contributed by atoms with van der Waals surface area (Å²) in [5.74, 6) is 0.134. The third-order valence-electron chi connectivity index (χ3n) is 2.44. The number of hydrogen-bond donors (Lipinski definition) is 1. The molecule has 0 unspecified atom stereocenters. The average molecular weight is 248 g/mol. The molecule has 0 fully saturated rings. The van der Waals surface area contributed by atoms with Crippen LogP contribution in [0.5, 0.6) is 17.5 Å². The highest BCUT2D eigenvalue weighted by atomic mass is 19.1. The first-order valence-corrected chi connectivity index (χ1v) is 5.35. The molecule has 0 amide bonds. The van der Waals surface area contributed by atoms with Gasteiger partial charge in [-0.15, -0.1) is 0 Å². The smallest absolute Gasteiger partial charge is 0.246 e. The summed E-state index contributed by atoms with van der Waals surface area (Å²) < 4.78 is 24.1. The number of benzene rings is 1. The van der Waals surface area contributed by atoms with Gasteiger partial charge >= 0.3 is 0 Å². The Morgan fingerprint density at radius 2 is 2.00 bits per heavy atom. The molecule has 0 atom stereocenters. The molecule has 0 bridgehead atoms. The van der Waals surface area contributed by atoms with Gasteiger partial charge in [-0.3, -0.25) is 0 Å². The van der Waals surface area contributed by atoms with E-state index in [0.29, 0.717) is 17.1 Å². The van der Waals surface area contributed by atoms with E-state index in [2.05, 4.69) is 4.98 Å². The van der Waals surface area contributed by atoms with Gasteiger partial charge in [0.1, 0.15) is 0 Å². The third-order valence-corrected chi connectivity index (χ3v) is 2.44. The number of anilines is 1. The summed E-state index contributed by atoms with van der Waals surface area (Å²) in [5.41, 5.74) is 6.53. The molecule has 1 aromatic heterocycles. The summed E-state index contributed by atoms with van der Waals surface area (Å²) in [6.07, 6.45) is 0. The lowest BCUT2D eigenvalue weighted by molar-refractivity contribution is 0.378. The van der Waals surface area contributed by atoms with Gasteiger partial charge in [0, 0.05) is 6.07 Å². The molecule has 0 saturated carbocycles. The van der Waals surface area contributed by atoms with Crippen molar-refractivity contribution in [3.05, 3.63) is 41.7 Å². The molecule has 1 heterocycles. The maximum atomic E-state index is 13.8. The minimum Gasteiger partial charge on any atom is -0.481 e. The van der Waals surface area contributed by atoms with E-state index >= 15 is 0 Å². The van der Waals surface area contributed by atoms with E-state index in [4.69, 9.17) is 15.2 Å². The van der Waals surface area contributed by atoms with Crippen molar-refractivity contribution in [2.24, 2.45) is 0 Å². The zero-order valence-electron chi connectivity index (χ0n) is 10.1. The quantitative estimate of drug-likeness (QED) is 0.907. The van der Waals surface area contributed by atoms with Crippen molar-refractivity contribution in [3.63, 3.8) is 0 Å². The highest BCUT2D eigenvalue weighted by molar-refractivity contribution is 5.51. The van der Waals surface area contributed by atoms with Crippen molar-refractivity contribution in [1.82, 2.24) is 4.98 Å². The van der Waals surface area contributed by atoms with E-state index in [1.807, 2.05) is 0 Å². The van der Waals surface area contributed by atoms with Crippen LogP contribution in [-0.4, -0.2) is 12.1 Å². The zero-order chi connectivity index (χ0) is 13.1. The number of nitrogen functional groups attached to an aromatic ring is 1. The van der Waals surface area contributed by atoms with Gasteiger partial charge in [-0.1, -0.05) is 12.1 Å². The number of rotatable bonds is 3. The van der Waals surface area contributed by atoms with Crippen LogP contribution in [0.15, 0.2) is 30.3 Å². The number of methoxy groups -OCH3 is 1. The Kier molecular flexibility index (Phi) is 3.32. The number of nitrogens with zero attached hydrogens (tertiary/aromatic N) is 1. The molecule has 0 radical (unpaired) electrons. The van der Waals surface area contributed by atoms with Crippen molar-refractivity contribution in [2.45, 2.75) is 6.92 Å². The van der Waals surface area contributed by atoms with Gasteiger partial charge in [0.05, 0.1) is 12.8 Å². The minimum absolute atomic E-state index is 0.0856. The summed E-state index contributed by atoms with van der Waals surface area (Å²) in [6, 6.07) is 8.07. The maximum Gasteiger partial charge on any atom is 0.246 e. The fraction of sp³-hybridized carbons (Fsp3) is 0.154. The fourth-order valence-electron chi connectivity index (χ4n) is 1.43. The fourth-order valence-corrected chi connectivity index (χ4v) is 1.43. The van der Waals surface area contributed by atoms with Gasteiger partial charge in [0.2, 0.25) is 11.8 Å². The van der Waals surface area contributed by atoms with Crippen LogP contribution in [0.1, 0.15) is 5.56 Å². The second-order valence-corrected chi connectivity index (χ2v) is 3.74. The summed E-state index contributed by atoms with van der Waals surface area (Å²) in [6.45, 7) is 1.66. The number of aromatic nitrogens is 1. The normalized spacial score (nSPS) is 10.2. The van der Waals surface area contributed by atoms with Gasteiger partial charge in [-0.05, 0) is 24.6 Å². The predicted molar refractivity (Wildman–Crippen MR) is 66.4 cm³/mol. The molecule has 0 saturated heterocycles. The van der Waals surface area contributed by atoms with Crippen molar-refractivity contribution in [1.29, 1.82) is 0 Å². The van der Waals surface area contributed by atoms with Gasteiger partial charge in [0.15, 0.2) is 11.6 Å².